The van der Waals surface area contributed by atoms with Gasteiger partial charge in [0.05, 0.1) is 11.2 Å². The first-order valence-corrected chi connectivity index (χ1v) is 5.55. The molecule has 0 aliphatic rings. The Balaban J connectivity index is 2.26. The number of hydrogen-bond acceptors (Lipinski definition) is 5. The van der Waals surface area contributed by atoms with Crippen LogP contribution in [0.4, 0.5) is 5.82 Å². The Kier molecular flexibility index (Phi) is 2.37. The smallest absolute Gasteiger partial charge is 0.153 e. The van der Waals surface area contributed by atoms with Crippen LogP contribution in [-0.4, -0.2) is 19.9 Å². The number of fused-ring (bicyclic) bond motifs is 1. The number of hydrogen-bond donors (Lipinski definition) is 1. The lowest BCUT2D eigenvalue weighted by molar-refractivity contribution is 1.18. The van der Waals surface area contributed by atoms with Crippen molar-refractivity contribution in [2.45, 2.75) is 6.92 Å². The molecule has 0 spiro atoms. The van der Waals surface area contributed by atoms with Gasteiger partial charge >= 0.3 is 0 Å². The van der Waals surface area contributed by atoms with Crippen molar-refractivity contribution in [3.63, 3.8) is 0 Å². The molecule has 3 heterocycles. The van der Waals surface area contributed by atoms with Gasteiger partial charge in [-0.2, -0.15) is 0 Å². The lowest BCUT2D eigenvalue weighted by Gasteiger charge is -2.05. The normalized spacial score (nSPS) is 10.7. The number of aromatic nitrogens is 4. The number of pyridine rings is 2. The van der Waals surface area contributed by atoms with Crippen molar-refractivity contribution in [1.29, 1.82) is 0 Å². The molecule has 0 aliphatic carbocycles. The molecule has 2 N–H and O–H groups in total. The molecule has 3 aromatic rings. The molecule has 18 heavy (non-hydrogen) atoms. The third-order valence-electron chi connectivity index (χ3n) is 2.79. The first kappa shape index (κ1) is 10.6. The highest BCUT2D eigenvalue weighted by molar-refractivity contribution is 5.85. The maximum absolute atomic E-state index is 5.81. The van der Waals surface area contributed by atoms with Crippen LogP contribution in [0.5, 0.6) is 0 Å². The summed E-state index contributed by atoms with van der Waals surface area (Å²) in [7, 11) is 0. The Labute approximate surface area is 104 Å². The zero-order valence-electron chi connectivity index (χ0n) is 9.83. The molecule has 0 saturated carbocycles. The molecule has 0 aliphatic heterocycles. The fraction of sp³-hybridized carbons (Fsp3) is 0.0769. The zero-order chi connectivity index (χ0) is 12.5. The summed E-state index contributed by atoms with van der Waals surface area (Å²) in [6.45, 7) is 1.95. The van der Waals surface area contributed by atoms with Crippen molar-refractivity contribution >= 4 is 16.9 Å². The van der Waals surface area contributed by atoms with Gasteiger partial charge in [-0.05, 0) is 31.2 Å². The number of aryl methyl sites for hydroxylation is 1. The SMILES string of the molecule is Cc1ncccc1-c1ccc2ncnc(N)c2n1. The molecule has 0 saturated heterocycles. The van der Waals surface area contributed by atoms with Gasteiger partial charge in [0.25, 0.3) is 0 Å². The highest BCUT2D eigenvalue weighted by atomic mass is 14.9. The van der Waals surface area contributed by atoms with Crippen molar-refractivity contribution in [2.75, 3.05) is 5.73 Å². The number of rotatable bonds is 1. The van der Waals surface area contributed by atoms with Crippen molar-refractivity contribution in [1.82, 2.24) is 19.9 Å². The van der Waals surface area contributed by atoms with E-state index in [1.807, 2.05) is 31.2 Å². The van der Waals surface area contributed by atoms with Gasteiger partial charge in [0.2, 0.25) is 0 Å². The van der Waals surface area contributed by atoms with Crippen LogP contribution in [-0.2, 0) is 0 Å². The topological polar surface area (TPSA) is 77.6 Å². The quantitative estimate of drug-likeness (QED) is 0.700. The van der Waals surface area contributed by atoms with E-state index in [0.29, 0.717) is 11.3 Å². The molecule has 5 nitrogen and oxygen atoms in total. The van der Waals surface area contributed by atoms with Gasteiger partial charge < -0.3 is 5.73 Å². The monoisotopic (exact) mass is 237 g/mol. The van der Waals surface area contributed by atoms with Gasteiger partial charge in [-0.25, -0.2) is 15.0 Å². The number of nitrogens with zero attached hydrogens (tertiary/aromatic N) is 4. The second-order valence-electron chi connectivity index (χ2n) is 3.96. The number of nitrogen functional groups attached to an aromatic ring is 1. The Morgan fingerprint density at radius 3 is 2.78 bits per heavy atom. The fourth-order valence-electron chi connectivity index (χ4n) is 1.86. The van der Waals surface area contributed by atoms with E-state index in [2.05, 4.69) is 19.9 Å². The van der Waals surface area contributed by atoms with E-state index in [9.17, 15) is 0 Å². The zero-order valence-corrected chi connectivity index (χ0v) is 9.83. The first-order chi connectivity index (χ1) is 8.75. The standard InChI is InChI=1S/C13H11N5/c1-8-9(3-2-6-15-8)10-4-5-11-12(18-10)13(14)17-7-16-11/h2-7H,1H3,(H2,14,16,17). The molecule has 0 aromatic carbocycles. The highest BCUT2D eigenvalue weighted by Gasteiger charge is 2.07. The van der Waals surface area contributed by atoms with E-state index < -0.39 is 0 Å². The summed E-state index contributed by atoms with van der Waals surface area (Å²) in [5, 5.41) is 0. The van der Waals surface area contributed by atoms with Crippen LogP contribution < -0.4 is 5.73 Å². The minimum atomic E-state index is 0.392. The van der Waals surface area contributed by atoms with Crippen molar-refractivity contribution < 1.29 is 0 Å². The molecule has 0 radical (unpaired) electrons. The van der Waals surface area contributed by atoms with Crippen LogP contribution >= 0.6 is 0 Å². The fourth-order valence-corrected chi connectivity index (χ4v) is 1.86. The van der Waals surface area contributed by atoms with Crippen LogP contribution in [0.3, 0.4) is 0 Å². The molecule has 0 unspecified atom stereocenters. The molecule has 5 heteroatoms. The van der Waals surface area contributed by atoms with Crippen LogP contribution in [0.1, 0.15) is 5.69 Å². The van der Waals surface area contributed by atoms with Crippen molar-refractivity contribution in [3.8, 4) is 11.3 Å². The van der Waals surface area contributed by atoms with Gasteiger partial charge in [-0.3, -0.25) is 4.98 Å². The maximum Gasteiger partial charge on any atom is 0.153 e. The summed E-state index contributed by atoms with van der Waals surface area (Å²) in [4.78, 5) is 16.9. The largest absolute Gasteiger partial charge is 0.382 e. The number of anilines is 1. The van der Waals surface area contributed by atoms with E-state index in [1.54, 1.807) is 6.20 Å². The van der Waals surface area contributed by atoms with Crippen LogP contribution in [0.15, 0.2) is 36.8 Å². The Hall–Kier alpha value is -2.56. The predicted molar refractivity (Wildman–Crippen MR) is 69.7 cm³/mol. The summed E-state index contributed by atoms with van der Waals surface area (Å²) >= 11 is 0. The second-order valence-corrected chi connectivity index (χ2v) is 3.96. The average Bonchev–Trinajstić information content (AvgIpc) is 2.40. The highest BCUT2D eigenvalue weighted by Crippen LogP contribution is 2.23. The molecule has 0 amide bonds. The van der Waals surface area contributed by atoms with E-state index in [0.717, 1.165) is 22.5 Å². The molecule has 0 bridgehead atoms. The Morgan fingerprint density at radius 1 is 1.06 bits per heavy atom. The minimum absolute atomic E-state index is 0.392. The molecule has 3 aromatic heterocycles. The van der Waals surface area contributed by atoms with Gasteiger partial charge in [-0.15, -0.1) is 0 Å². The second kappa shape index (κ2) is 4.03. The van der Waals surface area contributed by atoms with E-state index in [1.165, 1.54) is 6.33 Å². The van der Waals surface area contributed by atoms with E-state index in [4.69, 9.17) is 5.73 Å². The Morgan fingerprint density at radius 2 is 1.94 bits per heavy atom. The summed E-state index contributed by atoms with van der Waals surface area (Å²) in [6.07, 6.45) is 3.20. The molecular formula is C13H11N5. The third kappa shape index (κ3) is 1.66. The molecule has 88 valence electrons. The van der Waals surface area contributed by atoms with E-state index >= 15 is 0 Å². The number of nitrogens with two attached hydrogens (primary N) is 1. The summed E-state index contributed by atoms with van der Waals surface area (Å²) in [5.41, 5.74) is 9.93. The van der Waals surface area contributed by atoms with Gasteiger partial charge in [0, 0.05) is 17.5 Å². The maximum atomic E-state index is 5.81. The summed E-state index contributed by atoms with van der Waals surface area (Å²) in [6, 6.07) is 7.68. The van der Waals surface area contributed by atoms with Gasteiger partial charge in [0.15, 0.2) is 5.82 Å². The van der Waals surface area contributed by atoms with Gasteiger partial charge in [-0.1, -0.05) is 0 Å². The predicted octanol–water partition coefficient (Wildman–Crippen LogP) is 1.98. The van der Waals surface area contributed by atoms with Crippen LogP contribution in [0.25, 0.3) is 22.3 Å². The van der Waals surface area contributed by atoms with E-state index in [-0.39, 0.29) is 0 Å². The molecule has 3 rings (SSSR count). The van der Waals surface area contributed by atoms with Crippen molar-refractivity contribution in [3.05, 3.63) is 42.5 Å². The first-order valence-electron chi connectivity index (χ1n) is 5.55. The Bertz CT molecular complexity index is 723. The molecule has 0 atom stereocenters. The minimum Gasteiger partial charge on any atom is -0.382 e. The summed E-state index contributed by atoms with van der Waals surface area (Å²) < 4.78 is 0. The molecule has 0 fully saturated rings. The lowest BCUT2D eigenvalue weighted by atomic mass is 10.1. The van der Waals surface area contributed by atoms with Gasteiger partial charge in [0.1, 0.15) is 11.8 Å². The van der Waals surface area contributed by atoms with Crippen LogP contribution in [0.2, 0.25) is 0 Å². The lowest BCUT2D eigenvalue weighted by Crippen LogP contribution is -1.97. The van der Waals surface area contributed by atoms with Crippen LogP contribution in [0, 0.1) is 6.92 Å². The summed E-state index contributed by atoms with van der Waals surface area (Å²) in [5.74, 6) is 0.392. The third-order valence-corrected chi connectivity index (χ3v) is 2.79. The molecular weight excluding hydrogens is 226 g/mol. The average molecular weight is 237 g/mol. The van der Waals surface area contributed by atoms with Crippen molar-refractivity contribution in [2.24, 2.45) is 0 Å².